The molecule has 0 atom stereocenters. The molecule has 0 bridgehead atoms. The highest BCUT2D eigenvalue weighted by Crippen LogP contribution is 2.13. The van der Waals surface area contributed by atoms with Crippen molar-refractivity contribution in [2.24, 2.45) is 0 Å². The highest BCUT2D eigenvalue weighted by Gasteiger charge is 2.18. The summed E-state index contributed by atoms with van der Waals surface area (Å²) in [5.41, 5.74) is 1.05. The summed E-state index contributed by atoms with van der Waals surface area (Å²) in [4.78, 5) is 22.0. The maximum Gasteiger partial charge on any atom is 0.329 e. The van der Waals surface area contributed by atoms with Gasteiger partial charge in [0.15, 0.2) is 0 Å². The van der Waals surface area contributed by atoms with E-state index in [1.165, 1.54) is 0 Å². The van der Waals surface area contributed by atoms with E-state index in [2.05, 4.69) is 10.5 Å². The van der Waals surface area contributed by atoms with Gasteiger partial charge < -0.3 is 19.7 Å². The van der Waals surface area contributed by atoms with Crippen LogP contribution in [0.5, 0.6) is 0 Å². The van der Waals surface area contributed by atoms with Gasteiger partial charge in [0.25, 0.3) is 5.91 Å². The van der Waals surface area contributed by atoms with E-state index in [-0.39, 0.29) is 25.7 Å². The molecule has 0 aromatic carbocycles. The van der Waals surface area contributed by atoms with Gasteiger partial charge in [-0.1, -0.05) is 12.1 Å². The van der Waals surface area contributed by atoms with Crippen LogP contribution >= 0.6 is 0 Å². The van der Waals surface area contributed by atoms with Gasteiger partial charge in [0.2, 0.25) is 0 Å². The molecule has 1 rings (SSSR count). The molecule has 1 aromatic heterocycles. The minimum atomic E-state index is -1.04. The topological polar surface area (TPSA) is 102 Å². The quantitative estimate of drug-likeness (QED) is 0.684. The molecule has 0 aliphatic rings. The number of nitrogens with one attached hydrogen (secondary N) is 1. The van der Waals surface area contributed by atoms with Crippen LogP contribution in [0.3, 0.4) is 0 Å². The van der Waals surface area contributed by atoms with Crippen LogP contribution in [0.25, 0.3) is 0 Å². The molecule has 0 saturated heterocycles. The number of ether oxygens (including phenoxy) is 1. The van der Waals surface area contributed by atoms with Crippen molar-refractivity contribution in [3.05, 3.63) is 17.0 Å². The van der Waals surface area contributed by atoms with E-state index in [1.54, 1.807) is 6.92 Å². The zero-order valence-electron chi connectivity index (χ0n) is 10.4. The molecule has 18 heavy (non-hydrogen) atoms. The molecule has 0 saturated carbocycles. The number of rotatable bonds is 7. The predicted octanol–water partition coefficient (Wildman–Crippen LogP) is 0.376. The normalized spacial score (nSPS) is 10.3. The monoisotopic (exact) mass is 256 g/mol. The molecule has 0 aliphatic heterocycles. The Morgan fingerprint density at radius 2 is 2.22 bits per heavy atom. The van der Waals surface area contributed by atoms with Crippen LogP contribution in [0, 0.1) is 6.92 Å². The molecule has 0 aliphatic carbocycles. The molecule has 7 heteroatoms. The summed E-state index contributed by atoms with van der Waals surface area (Å²) in [6.07, 6.45) is 0.607. The molecule has 1 aromatic rings. The molecule has 0 fully saturated rings. The number of carbonyl (C=O) groups is 2. The summed E-state index contributed by atoms with van der Waals surface area (Å²) in [5.74, 6) is -0.857. The van der Waals surface area contributed by atoms with E-state index in [1.807, 2.05) is 6.92 Å². The Bertz CT molecular complexity index is 427. The maximum absolute atomic E-state index is 11.8. The fraction of sp³-hybridized carbons (Fsp3) is 0.545. The first kappa shape index (κ1) is 14.2. The lowest BCUT2D eigenvalue weighted by Crippen LogP contribution is -2.28. The van der Waals surface area contributed by atoms with E-state index < -0.39 is 5.97 Å². The third-order valence-electron chi connectivity index (χ3n) is 2.25. The molecule has 1 heterocycles. The lowest BCUT2D eigenvalue weighted by atomic mass is 10.1. The number of amides is 1. The Morgan fingerprint density at radius 3 is 2.83 bits per heavy atom. The largest absolute Gasteiger partial charge is 0.480 e. The smallest absolute Gasteiger partial charge is 0.329 e. The van der Waals surface area contributed by atoms with Gasteiger partial charge >= 0.3 is 5.97 Å². The lowest BCUT2D eigenvalue weighted by Gasteiger charge is -2.05. The number of carboxylic acid groups (broad SMARTS) is 1. The molecule has 0 radical (unpaired) electrons. The fourth-order valence-corrected chi connectivity index (χ4v) is 1.43. The first-order chi connectivity index (χ1) is 8.56. The van der Waals surface area contributed by atoms with Gasteiger partial charge in [0.05, 0.1) is 12.3 Å². The maximum atomic E-state index is 11.8. The van der Waals surface area contributed by atoms with Crippen molar-refractivity contribution < 1.29 is 24.0 Å². The Morgan fingerprint density at radius 1 is 1.50 bits per heavy atom. The minimum Gasteiger partial charge on any atom is -0.480 e. The van der Waals surface area contributed by atoms with Gasteiger partial charge in [0.1, 0.15) is 17.9 Å². The van der Waals surface area contributed by atoms with Crippen LogP contribution in [-0.2, 0) is 16.0 Å². The van der Waals surface area contributed by atoms with Gasteiger partial charge in [-0.25, -0.2) is 4.79 Å². The lowest BCUT2D eigenvalue weighted by molar-refractivity contribution is -0.142. The molecule has 100 valence electrons. The number of aromatic nitrogens is 1. The van der Waals surface area contributed by atoms with Crippen LogP contribution < -0.4 is 5.32 Å². The van der Waals surface area contributed by atoms with Crippen LogP contribution in [-0.4, -0.2) is 41.9 Å². The average Bonchev–Trinajstić information content (AvgIpc) is 2.69. The first-order valence-electron chi connectivity index (χ1n) is 5.59. The van der Waals surface area contributed by atoms with Gasteiger partial charge in [-0.2, -0.15) is 0 Å². The van der Waals surface area contributed by atoms with Crippen molar-refractivity contribution in [2.45, 2.75) is 20.3 Å². The fourth-order valence-electron chi connectivity index (χ4n) is 1.43. The van der Waals surface area contributed by atoms with Crippen LogP contribution in [0.1, 0.15) is 28.7 Å². The second kappa shape index (κ2) is 6.75. The number of aryl methyl sites for hydroxylation is 2. The highest BCUT2D eigenvalue weighted by molar-refractivity contribution is 5.96. The highest BCUT2D eigenvalue weighted by atomic mass is 16.5. The van der Waals surface area contributed by atoms with Gasteiger partial charge in [0, 0.05) is 6.54 Å². The zero-order chi connectivity index (χ0) is 13.5. The second-order valence-electron chi connectivity index (χ2n) is 3.62. The summed E-state index contributed by atoms with van der Waals surface area (Å²) in [7, 11) is 0. The van der Waals surface area contributed by atoms with E-state index >= 15 is 0 Å². The third kappa shape index (κ3) is 3.85. The summed E-state index contributed by atoms with van der Waals surface area (Å²) in [6, 6.07) is 0. The van der Waals surface area contributed by atoms with Crippen LogP contribution in [0.4, 0.5) is 0 Å². The Labute approximate surface area is 104 Å². The van der Waals surface area contributed by atoms with Crippen molar-refractivity contribution >= 4 is 11.9 Å². The number of carbonyl (C=O) groups excluding carboxylic acids is 1. The molecule has 0 unspecified atom stereocenters. The van der Waals surface area contributed by atoms with E-state index in [0.29, 0.717) is 23.4 Å². The molecule has 0 spiro atoms. The second-order valence-corrected chi connectivity index (χ2v) is 3.62. The van der Waals surface area contributed by atoms with Crippen molar-refractivity contribution in [3.8, 4) is 0 Å². The average molecular weight is 256 g/mol. The summed E-state index contributed by atoms with van der Waals surface area (Å²) in [5, 5.41) is 14.7. The summed E-state index contributed by atoms with van der Waals surface area (Å²) < 4.78 is 9.74. The van der Waals surface area contributed by atoms with Crippen molar-refractivity contribution in [1.29, 1.82) is 0 Å². The van der Waals surface area contributed by atoms with Crippen LogP contribution in [0.2, 0.25) is 0 Å². The third-order valence-corrected chi connectivity index (χ3v) is 2.25. The predicted molar refractivity (Wildman–Crippen MR) is 61.4 cm³/mol. The molecule has 1 amide bonds. The molecule has 2 N–H and O–H groups in total. The summed E-state index contributed by atoms with van der Waals surface area (Å²) >= 11 is 0. The Kier molecular flexibility index (Phi) is 5.31. The van der Waals surface area contributed by atoms with E-state index in [4.69, 9.17) is 14.4 Å². The summed E-state index contributed by atoms with van der Waals surface area (Å²) in [6.45, 7) is 3.55. The number of carboxylic acids is 1. The van der Waals surface area contributed by atoms with Crippen molar-refractivity contribution in [1.82, 2.24) is 10.5 Å². The van der Waals surface area contributed by atoms with Crippen molar-refractivity contribution in [3.63, 3.8) is 0 Å². The minimum absolute atomic E-state index is 0.143. The first-order valence-corrected chi connectivity index (χ1v) is 5.59. The zero-order valence-corrected chi connectivity index (χ0v) is 10.4. The number of aliphatic carboxylic acids is 1. The van der Waals surface area contributed by atoms with Crippen LogP contribution in [0.15, 0.2) is 4.52 Å². The van der Waals surface area contributed by atoms with E-state index in [0.717, 1.165) is 0 Å². The SMILES string of the molecule is CCc1noc(C)c1C(=O)NCCOCC(=O)O. The van der Waals surface area contributed by atoms with Gasteiger partial charge in [-0.3, -0.25) is 4.79 Å². The molecular formula is C11H16N2O5. The Balaban J connectivity index is 2.41. The molecule has 7 nitrogen and oxygen atoms in total. The standard InChI is InChI=1S/C11H16N2O5/c1-3-8-10(7(2)18-13-8)11(16)12-4-5-17-6-9(14)15/h3-6H2,1-2H3,(H,12,16)(H,14,15). The number of nitrogens with zero attached hydrogens (tertiary/aromatic N) is 1. The number of hydrogen-bond donors (Lipinski definition) is 2. The van der Waals surface area contributed by atoms with Gasteiger partial charge in [-0.15, -0.1) is 0 Å². The number of hydrogen-bond acceptors (Lipinski definition) is 5. The van der Waals surface area contributed by atoms with Crippen molar-refractivity contribution in [2.75, 3.05) is 19.8 Å². The van der Waals surface area contributed by atoms with Gasteiger partial charge in [-0.05, 0) is 13.3 Å². The molecular weight excluding hydrogens is 240 g/mol. The Hall–Kier alpha value is -1.89. The van der Waals surface area contributed by atoms with E-state index in [9.17, 15) is 9.59 Å².